The highest BCUT2D eigenvalue weighted by Gasteiger charge is 2.57. The van der Waals surface area contributed by atoms with Gasteiger partial charge >= 0.3 is 0 Å². The molecule has 2 saturated carbocycles. The number of anilines is 2. The van der Waals surface area contributed by atoms with Gasteiger partial charge in [0.15, 0.2) is 0 Å². The molecule has 9 heteroatoms. The van der Waals surface area contributed by atoms with Gasteiger partial charge in [0, 0.05) is 38.0 Å². The molecule has 2 amide bonds. The van der Waals surface area contributed by atoms with E-state index in [9.17, 15) is 9.59 Å². The minimum Gasteiger partial charge on any atom is -0.353 e. The van der Waals surface area contributed by atoms with E-state index in [2.05, 4.69) is 20.5 Å². The lowest BCUT2D eigenvalue weighted by atomic mass is 9.92. The summed E-state index contributed by atoms with van der Waals surface area (Å²) in [7, 11) is 0. The molecule has 2 aliphatic carbocycles. The van der Waals surface area contributed by atoms with E-state index in [1.807, 2.05) is 17.0 Å². The Morgan fingerprint density at radius 2 is 1.77 bits per heavy atom. The summed E-state index contributed by atoms with van der Waals surface area (Å²) in [5.74, 6) is 1.84. The molecule has 1 aromatic heterocycles. The molecule has 166 valence electrons. The van der Waals surface area contributed by atoms with Gasteiger partial charge < -0.3 is 20.4 Å². The van der Waals surface area contributed by atoms with E-state index in [-0.39, 0.29) is 42.1 Å². The number of pyridine rings is 1. The number of halogens is 2. The third-order valence-electron chi connectivity index (χ3n) is 6.96. The van der Waals surface area contributed by atoms with Crippen molar-refractivity contribution >= 4 is 48.1 Å². The summed E-state index contributed by atoms with van der Waals surface area (Å²) in [6.45, 7) is 5.23. The van der Waals surface area contributed by atoms with E-state index in [4.69, 9.17) is 0 Å². The lowest BCUT2D eigenvalue weighted by molar-refractivity contribution is -0.132. The van der Waals surface area contributed by atoms with Gasteiger partial charge in [-0.05, 0) is 62.7 Å². The highest BCUT2D eigenvalue weighted by atomic mass is 35.5. The summed E-state index contributed by atoms with van der Waals surface area (Å²) in [4.78, 5) is 33.5. The molecule has 4 fully saturated rings. The molecule has 30 heavy (non-hydrogen) atoms. The molecule has 0 aromatic carbocycles. The molecule has 2 aliphatic heterocycles. The fourth-order valence-corrected chi connectivity index (χ4v) is 4.82. The van der Waals surface area contributed by atoms with Crippen LogP contribution in [0.4, 0.5) is 11.5 Å². The van der Waals surface area contributed by atoms with Gasteiger partial charge in [-0.15, -0.1) is 24.8 Å². The van der Waals surface area contributed by atoms with Crippen LogP contribution in [0.25, 0.3) is 0 Å². The average Bonchev–Trinajstić information content (AvgIpc) is 3.66. The van der Waals surface area contributed by atoms with Crippen LogP contribution in [0.5, 0.6) is 0 Å². The molecule has 3 heterocycles. The standard InChI is InChI=1S/C21H29N5O2.2ClH/c27-19(17-13-21(17)5-7-22-8-6-21)24-16-3-4-18(23-14-16)25-9-11-26(12-10-25)20(28)15-1-2-15;;/h3-4,14-15,17,22H,1-2,5-13H2,(H,24,27);2*1H. The molecule has 4 aliphatic rings. The summed E-state index contributed by atoms with van der Waals surface area (Å²) < 4.78 is 0. The predicted molar refractivity (Wildman–Crippen MR) is 122 cm³/mol. The van der Waals surface area contributed by atoms with E-state index in [0.717, 1.165) is 82.9 Å². The van der Waals surface area contributed by atoms with Gasteiger partial charge in [-0.25, -0.2) is 4.98 Å². The number of nitrogens with one attached hydrogen (secondary N) is 2. The molecular formula is C21H31Cl2N5O2. The SMILES string of the molecule is Cl.Cl.O=C(Nc1ccc(N2CCN(C(=O)C3CC3)CC2)nc1)C1CC12CCNCC2. The fraction of sp³-hybridized carbons (Fsp3) is 0.667. The van der Waals surface area contributed by atoms with Gasteiger partial charge in [-0.3, -0.25) is 9.59 Å². The van der Waals surface area contributed by atoms with Crippen molar-refractivity contribution in [2.45, 2.75) is 32.1 Å². The Hall–Kier alpha value is -1.57. The molecule has 7 nitrogen and oxygen atoms in total. The van der Waals surface area contributed by atoms with Crippen molar-refractivity contribution in [2.75, 3.05) is 49.5 Å². The van der Waals surface area contributed by atoms with Crippen molar-refractivity contribution in [3.63, 3.8) is 0 Å². The van der Waals surface area contributed by atoms with Gasteiger partial charge in [0.25, 0.3) is 0 Å². The first-order chi connectivity index (χ1) is 13.6. The van der Waals surface area contributed by atoms with Crippen LogP contribution >= 0.6 is 24.8 Å². The number of piperazine rings is 1. The molecule has 5 rings (SSSR count). The van der Waals surface area contributed by atoms with Crippen molar-refractivity contribution in [1.29, 1.82) is 0 Å². The van der Waals surface area contributed by atoms with Crippen molar-refractivity contribution in [3.8, 4) is 0 Å². The van der Waals surface area contributed by atoms with E-state index in [1.54, 1.807) is 6.20 Å². The summed E-state index contributed by atoms with van der Waals surface area (Å²) in [6, 6.07) is 3.92. The highest BCUT2D eigenvalue weighted by molar-refractivity contribution is 5.95. The largest absolute Gasteiger partial charge is 0.353 e. The number of carbonyl (C=O) groups excluding carboxylic acids is 2. The van der Waals surface area contributed by atoms with Crippen molar-refractivity contribution in [2.24, 2.45) is 17.3 Å². The first kappa shape index (κ1) is 23.1. The minimum atomic E-state index is 0. The summed E-state index contributed by atoms with van der Waals surface area (Å²) >= 11 is 0. The Balaban J connectivity index is 0.00000128. The van der Waals surface area contributed by atoms with Crippen LogP contribution in [0.1, 0.15) is 32.1 Å². The number of hydrogen-bond acceptors (Lipinski definition) is 5. The van der Waals surface area contributed by atoms with Gasteiger partial charge in [0.2, 0.25) is 11.8 Å². The van der Waals surface area contributed by atoms with Gasteiger partial charge in [0.1, 0.15) is 5.82 Å². The molecule has 1 unspecified atom stereocenters. The van der Waals surface area contributed by atoms with Gasteiger partial charge in [-0.1, -0.05) is 0 Å². The Morgan fingerprint density at radius 1 is 1.07 bits per heavy atom. The summed E-state index contributed by atoms with van der Waals surface area (Å²) in [5, 5.41) is 6.43. The Bertz CT molecular complexity index is 757. The lowest BCUT2D eigenvalue weighted by Gasteiger charge is -2.35. The number of piperidine rings is 1. The Morgan fingerprint density at radius 3 is 2.37 bits per heavy atom. The maximum absolute atomic E-state index is 12.6. The van der Waals surface area contributed by atoms with E-state index < -0.39 is 0 Å². The second-order valence-electron chi connectivity index (χ2n) is 8.85. The van der Waals surface area contributed by atoms with E-state index >= 15 is 0 Å². The molecule has 1 atom stereocenters. The number of amides is 2. The third-order valence-corrected chi connectivity index (χ3v) is 6.96. The van der Waals surface area contributed by atoms with Crippen molar-refractivity contribution in [1.82, 2.24) is 15.2 Å². The number of rotatable bonds is 4. The van der Waals surface area contributed by atoms with Crippen LogP contribution in [0.15, 0.2) is 18.3 Å². The second-order valence-corrected chi connectivity index (χ2v) is 8.85. The number of nitrogens with zero attached hydrogens (tertiary/aromatic N) is 3. The highest BCUT2D eigenvalue weighted by Crippen LogP contribution is 2.58. The monoisotopic (exact) mass is 455 g/mol. The van der Waals surface area contributed by atoms with Gasteiger partial charge in [0.05, 0.1) is 11.9 Å². The smallest absolute Gasteiger partial charge is 0.228 e. The van der Waals surface area contributed by atoms with E-state index in [0.29, 0.717) is 11.8 Å². The molecule has 0 radical (unpaired) electrons. The normalized spacial score (nSPS) is 24.5. The van der Waals surface area contributed by atoms with Crippen LogP contribution in [0, 0.1) is 17.3 Å². The molecule has 2 N–H and O–H groups in total. The number of aromatic nitrogens is 1. The Kier molecular flexibility index (Phi) is 7.15. The topological polar surface area (TPSA) is 77.6 Å². The van der Waals surface area contributed by atoms with E-state index in [1.165, 1.54) is 0 Å². The molecule has 1 spiro atoms. The zero-order chi connectivity index (χ0) is 19.1. The first-order valence-electron chi connectivity index (χ1n) is 10.7. The molecule has 1 aromatic rings. The molecule has 2 saturated heterocycles. The fourth-order valence-electron chi connectivity index (χ4n) is 4.82. The minimum absolute atomic E-state index is 0. The maximum atomic E-state index is 12.6. The van der Waals surface area contributed by atoms with Crippen LogP contribution < -0.4 is 15.5 Å². The average molecular weight is 456 g/mol. The molecule has 0 bridgehead atoms. The van der Waals surface area contributed by atoms with Crippen LogP contribution in [-0.2, 0) is 9.59 Å². The third kappa shape index (κ3) is 4.68. The van der Waals surface area contributed by atoms with Crippen LogP contribution in [-0.4, -0.2) is 61.0 Å². The molecular weight excluding hydrogens is 425 g/mol. The Labute approximate surface area is 190 Å². The van der Waals surface area contributed by atoms with Crippen LogP contribution in [0.3, 0.4) is 0 Å². The quantitative estimate of drug-likeness (QED) is 0.727. The number of carbonyl (C=O) groups is 2. The zero-order valence-electron chi connectivity index (χ0n) is 17.1. The maximum Gasteiger partial charge on any atom is 0.228 e. The number of hydrogen-bond donors (Lipinski definition) is 2. The van der Waals surface area contributed by atoms with Crippen molar-refractivity contribution < 1.29 is 9.59 Å². The summed E-state index contributed by atoms with van der Waals surface area (Å²) in [6.07, 6.45) is 7.12. The predicted octanol–water partition coefficient (Wildman–Crippen LogP) is 2.31. The zero-order valence-corrected chi connectivity index (χ0v) is 18.8. The van der Waals surface area contributed by atoms with Gasteiger partial charge in [-0.2, -0.15) is 0 Å². The first-order valence-corrected chi connectivity index (χ1v) is 10.7. The van der Waals surface area contributed by atoms with Crippen molar-refractivity contribution in [3.05, 3.63) is 18.3 Å². The van der Waals surface area contributed by atoms with Crippen LogP contribution in [0.2, 0.25) is 0 Å². The second kappa shape index (κ2) is 9.28. The summed E-state index contributed by atoms with van der Waals surface area (Å²) in [5.41, 5.74) is 1.02. The lowest BCUT2D eigenvalue weighted by Crippen LogP contribution is -2.49.